The Labute approximate surface area is 121 Å². The molecule has 0 saturated carbocycles. The fourth-order valence-corrected chi connectivity index (χ4v) is 2.50. The van der Waals surface area contributed by atoms with E-state index in [-0.39, 0.29) is 0 Å². The van der Waals surface area contributed by atoms with Crippen LogP contribution in [0.4, 0.5) is 5.69 Å². The van der Waals surface area contributed by atoms with Gasteiger partial charge in [-0.25, -0.2) is 9.97 Å². The van der Waals surface area contributed by atoms with E-state index in [0.717, 1.165) is 22.8 Å². The van der Waals surface area contributed by atoms with Crippen LogP contribution in [0.2, 0.25) is 13.1 Å². The van der Waals surface area contributed by atoms with Gasteiger partial charge in [-0.15, -0.1) is 0 Å². The van der Waals surface area contributed by atoms with Crippen LogP contribution >= 0.6 is 0 Å². The van der Waals surface area contributed by atoms with E-state index in [4.69, 9.17) is 4.43 Å². The second kappa shape index (κ2) is 6.95. The number of aryl methyl sites for hydroxylation is 1. The molecule has 20 heavy (non-hydrogen) atoms. The summed E-state index contributed by atoms with van der Waals surface area (Å²) >= 11 is 0. The molecular formula is C15H19N3OSi. The highest BCUT2D eigenvalue weighted by atomic mass is 28.3. The Balaban J connectivity index is 2.15. The largest absolute Gasteiger partial charge is 0.546 e. The van der Waals surface area contributed by atoms with E-state index in [1.54, 1.807) is 18.5 Å². The van der Waals surface area contributed by atoms with E-state index in [2.05, 4.69) is 28.1 Å². The van der Waals surface area contributed by atoms with E-state index in [9.17, 15) is 0 Å². The summed E-state index contributed by atoms with van der Waals surface area (Å²) < 4.78 is 5.92. The molecule has 1 aromatic heterocycles. The Hall–Kier alpha value is -2.01. The molecule has 2 rings (SSSR count). The van der Waals surface area contributed by atoms with Crippen LogP contribution in [0.5, 0.6) is 5.75 Å². The first-order valence-electron chi connectivity index (χ1n) is 6.71. The number of aliphatic imine (C=N–C) groups is 1. The molecule has 0 aliphatic carbocycles. The minimum absolute atomic E-state index is 0.619. The monoisotopic (exact) mass is 285 g/mol. The lowest BCUT2D eigenvalue weighted by molar-refractivity contribution is 0.581. The molecule has 1 aromatic carbocycles. The van der Waals surface area contributed by atoms with Crippen molar-refractivity contribution in [2.45, 2.75) is 26.4 Å². The highest BCUT2D eigenvalue weighted by molar-refractivity contribution is 6.49. The summed E-state index contributed by atoms with van der Waals surface area (Å²) in [6.07, 6.45) is 5.94. The smallest absolute Gasteiger partial charge is 0.229 e. The third-order valence-electron chi connectivity index (χ3n) is 2.68. The van der Waals surface area contributed by atoms with Crippen molar-refractivity contribution in [2.75, 3.05) is 0 Å². The molecule has 0 atom stereocenters. The Morgan fingerprint density at radius 3 is 2.65 bits per heavy atom. The predicted octanol–water partition coefficient (Wildman–Crippen LogP) is 3.09. The normalized spacial score (nSPS) is 11.2. The van der Waals surface area contributed by atoms with Gasteiger partial charge in [0, 0.05) is 25.0 Å². The van der Waals surface area contributed by atoms with E-state index < -0.39 is 9.04 Å². The topological polar surface area (TPSA) is 47.4 Å². The zero-order chi connectivity index (χ0) is 14.4. The highest BCUT2D eigenvalue weighted by Crippen LogP contribution is 2.31. The Kier molecular flexibility index (Phi) is 5.01. The quantitative estimate of drug-likeness (QED) is 0.626. The summed E-state index contributed by atoms with van der Waals surface area (Å²) in [4.78, 5) is 12.9. The zero-order valence-corrected chi connectivity index (χ0v) is 13.2. The van der Waals surface area contributed by atoms with Crippen LogP contribution in [0.15, 0.2) is 41.7 Å². The summed E-state index contributed by atoms with van der Waals surface area (Å²) in [5.74, 6) is 1.64. The van der Waals surface area contributed by atoms with Gasteiger partial charge in [0.25, 0.3) is 0 Å². The van der Waals surface area contributed by atoms with Gasteiger partial charge in [0.2, 0.25) is 9.04 Å². The molecule has 0 N–H and O–H groups in total. The van der Waals surface area contributed by atoms with Gasteiger partial charge in [-0.05, 0) is 37.7 Å². The fourth-order valence-electron chi connectivity index (χ4n) is 1.80. The lowest BCUT2D eigenvalue weighted by Gasteiger charge is -2.13. The van der Waals surface area contributed by atoms with Crippen LogP contribution in [0.3, 0.4) is 0 Å². The number of benzene rings is 1. The van der Waals surface area contributed by atoms with Gasteiger partial charge in [-0.3, -0.25) is 4.99 Å². The minimum Gasteiger partial charge on any atom is -0.546 e. The first kappa shape index (κ1) is 14.4. The summed E-state index contributed by atoms with van der Waals surface area (Å²) in [7, 11) is -1.14. The second-order valence-electron chi connectivity index (χ2n) is 4.77. The molecule has 0 spiro atoms. The van der Waals surface area contributed by atoms with Gasteiger partial charge < -0.3 is 4.43 Å². The van der Waals surface area contributed by atoms with Gasteiger partial charge in [0.1, 0.15) is 17.3 Å². The minimum atomic E-state index is -1.14. The molecule has 0 fully saturated rings. The maximum Gasteiger partial charge on any atom is 0.229 e. The molecule has 0 saturated heterocycles. The van der Waals surface area contributed by atoms with Crippen LogP contribution in [-0.4, -0.2) is 25.2 Å². The number of aromatic nitrogens is 2. The summed E-state index contributed by atoms with van der Waals surface area (Å²) in [6, 6.07) is 7.83. The maximum absolute atomic E-state index is 5.92. The van der Waals surface area contributed by atoms with Crippen LogP contribution in [-0.2, 0) is 6.42 Å². The van der Waals surface area contributed by atoms with Crippen molar-refractivity contribution < 1.29 is 4.43 Å². The van der Waals surface area contributed by atoms with Gasteiger partial charge in [-0.2, -0.15) is 0 Å². The second-order valence-corrected chi connectivity index (χ2v) is 7.10. The Morgan fingerprint density at radius 2 is 1.95 bits per heavy atom. The molecule has 5 heteroatoms. The van der Waals surface area contributed by atoms with E-state index in [0.29, 0.717) is 6.42 Å². The van der Waals surface area contributed by atoms with Crippen molar-refractivity contribution in [3.63, 3.8) is 0 Å². The third-order valence-corrected chi connectivity index (χ3v) is 3.40. The molecule has 0 radical (unpaired) electrons. The van der Waals surface area contributed by atoms with Crippen molar-refractivity contribution in [1.82, 2.24) is 9.97 Å². The van der Waals surface area contributed by atoms with Gasteiger partial charge in [0.15, 0.2) is 0 Å². The van der Waals surface area contributed by atoms with Crippen molar-refractivity contribution in [2.24, 2.45) is 4.99 Å². The van der Waals surface area contributed by atoms with Gasteiger partial charge in [0.05, 0.1) is 0 Å². The molecule has 4 nitrogen and oxygen atoms in total. The standard InChI is InChI=1S/C15H19N3OSi/c1-12-6-4-7-13(19-20(2)3)15(12)18-11-8-14-16-9-5-10-17-14/h4-7,9-11,20H,8H2,1-3H3. The SMILES string of the molecule is Cc1cccc(O[SiH](C)C)c1N=CCc1ncccn1. The average Bonchev–Trinajstić information content (AvgIpc) is 2.42. The molecule has 104 valence electrons. The van der Waals surface area contributed by atoms with Crippen molar-refractivity contribution >= 4 is 20.9 Å². The van der Waals surface area contributed by atoms with Gasteiger partial charge in [-0.1, -0.05) is 12.1 Å². The molecular weight excluding hydrogens is 266 g/mol. The number of hydrogen-bond acceptors (Lipinski definition) is 4. The molecule has 1 heterocycles. The molecule has 0 unspecified atom stereocenters. The predicted molar refractivity (Wildman–Crippen MR) is 84.6 cm³/mol. The van der Waals surface area contributed by atoms with Crippen LogP contribution < -0.4 is 4.43 Å². The van der Waals surface area contributed by atoms with Crippen LogP contribution in [0.1, 0.15) is 11.4 Å². The zero-order valence-electron chi connectivity index (χ0n) is 12.1. The van der Waals surface area contributed by atoms with E-state index in [1.807, 2.05) is 31.3 Å². The van der Waals surface area contributed by atoms with Crippen LogP contribution in [0.25, 0.3) is 0 Å². The maximum atomic E-state index is 5.92. The fraction of sp³-hybridized carbons (Fsp3) is 0.267. The lowest BCUT2D eigenvalue weighted by atomic mass is 10.2. The molecule has 0 aliphatic rings. The lowest BCUT2D eigenvalue weighted by Crippen LogP contribution is -2.11. The molecule has 0 amide bonds. The van der Waals surface area contributed by atoms with Crippen molar-refractivity contribution in [3.05, 3.63) is 48.0 Å². The van der Waals surface area contributed by atoms with Gasteiger partial charge >= 0.3 is 0 Å². The number of nitrogens with zero attached hydrogens (tertiary/aromatic N) is 3. The first-order chi connectivity index (χ1) is 9.66. The number of hydrogen-bond donors (Lipinski definition) is 0. The van der Waals surface area contributed by atoms with Crippen molar-refractivity contribution in [3.8, 4) is 5.75 Å². The van der Waals surface area contributed by atoms with E-state index in [1.165, 1.54) is 0 Å². The number of rotatable bonds is 5. The average molecular weight is 285 g/mol. The Morgan fingerprint density at radius 1 is 1.20 bits per heavy atom. The number of para-hydroxylation sites is 1. The Bertz CT molecular complexity index is 585. The third kappa shape index (κ3) is 3.99. The van der Waals surface area contributed by atoms with E-state index >= 15 is 0 Å². The summed E-state index contributed by atoms with van der Waals surface area (Å²) in [5.41, 5.74) is 2.02. The summed E-state index contributed by atoms with van der Waals surface area (Å²) in [6.45, 7) is 6.34. The summed E-state index contributed by atoms with van der Waals surface area (Å²) in [5, 5.41) is 0. The highest BCUT2D eigenvalue weighted by Gasteiger charge is 2.07. The molecule has 2 aromatic rings. The molecule has 0 bridgehead atoms. The van der Waals surface area contributed by atoms with Crippen molar-refractivity contribution in [1.29, 1.82) is 0 Å². The molecule has 0 aliphatic heterocycles. The first-order valence-corrected chi connectivity index (χ1v) is 9.49. The van der Waals surface area contributed by atoms with Crippen LogP contribution in [0, 0.1) is 6.92 Å².